The normalized spacial score (nSPS) is 17.4. The van der Waals surface area contributed by atoms with Crippen molar-refractivity contribution in [1.82, 2.24) is 5.32 Å². The third-order valence-corrected chi connectivity index (χ3v) is 5.16. The van der Waals surface area contributed by atoms with Crippen LogP contribution in [0.4, 0.5) is 21.5 Å². The van der Waals surface area contributed by atoms with Gasteiger partial charge >= 0.3 is 0 Å². The molecule has 29 heavy (non-hydrogen) atoms. The number of anilines is 2. The summed E-state index contributed by atoms with van der Waals surface area (Å²) in [5.74, 6) is -2.38. The summed E-state index contributed by atoms with van der Waals surface area (Å²) >= 11 is 5.55. The van der Waals surface area contributed by atoms with Gasteiger partial charge in [-0.3, -0.25) is 14.5 Å². The monoisotopic (exact) mass is 413 g/mol. The van der Waals surface area contributed by atoms with Gasteiger partial charge in [0.05, 0.1) is 12.1 Å². The molecule has 2 aromatic rings. The zero-order chi connectivity index (χ0) is 24.0. The lowest BCUT2D eigenvalue weighted by molar-refractivity contribution is -0.120. The molecule has 0 saturated carbocycles. The van der Waals surface area contributed by atoms with Crippen LogP contribution in [0.1, 0.15) is 33.9 Å². The van der Waals surface area contributed by atoms with Gasteiger partial charge in [0.1, 0.15) is 11.4 Å². The van der Waals surface area contributed by atoms with E-state index in [-0.39, 0.29) is 16.7 Å². The third-order valence-electron chi connectivity index (χ3n) is 4.80. The molecule has 8 heteroatoms. The van der Waals surface area contributed by atoms with Gasteiger partial charge in [-0.2, -0.15) is 0 Å². The van der Waals surface area contributed by atoms with Crippen LogP contribution >= 0.6 is 12.2 Å². The van der Waals surface area contributed by atoms with Crippen molar-refractivity contribution >= 4 is 46.2 Å². The first kappa shape index (κ1) is 16.6. The predicted molar refractivity (Wildman–Crippen MR) is 114 cm³/mol. The number of nitrogens with one attached hydrogen (secondary N) is 1. The molecular weight excluding hydrogens is 391 g/mol. The van der Waals surface area contributed by atoms with Gasteiger partial charge in [0.2, 0.25) is 0 Å². The van der Waals surface area contributed by atoms with Crippen LogP contribution in [-0.4, -0.2) is 29.4 Å². The van der Waals surface area contributed by atoms with Crippen molar-refractivity contribution in [3.05, 3.63) is 64.8 Å². The lowest BCUT2D eigenvalue weighted by Gasteiger charge is -2.29. The average Bonchev–Trinajstić information content (AvgIpc) is 2.84. The molecule has 2 aromatic carbocycles. The Morgan fingerprint density at radius 3 is 2.55 bits per heavy atom. The highest BCUT2D eigenvalue weighted by Crippen LogP contribution is 2.37. The molecule has 0 radical (unpaired) electrons. The highest BCUT2D eigenvalue weighted by Gasteiger charge is 2.50. The van der Waals surface area contributed by atoms with E-state index in [9.17, 15) is 14.0 Å². The number of carbonyl (C=O) groups excluding carboxylic acids is 2. The van der Waals surface area contributed by atoms with Crippen molar-refractivity contribution in [1.29, 1.82) is 0 Å². The van der Waals surface area contributed by atoms with Crippen LogP contribution < -0.4 is 15.1 Å². The second-order valence-corrected chi connectivity index (χ2v) is 7.38. The number of nitrogens with zero attached hydrogens (tertiary/aromatic N) is 3. The minimum Gasteiger partial charge on any atom is -0.355 e. The lowest BCUT2D eigenvalue weighted by Crippen LogP contribution is -2.44. The van der Waals surface area contributed by atoms with Crippen molar-refractivity contribution in [2.24, 2.45) is 0 Å². The van der Waals surface area contributed by atoms with Gasteiger partial charge in [-0.1, -0.05) is 6.07 Å². The Morgan fingerprint density at radius 1 is 1.28 bits per heavy atom. The van der Waals surface area contributed by atoms with Crippen molar-refractivity contribution < 1.29 is 18.1 Å². The molecule has 0 atom stereocenters. The molecule has 0 bridgehead atoms. The van der Waals surface area contributed by atoms with E-state index in [0.29, 0.717) is 16.9 Å². The molecule has 0 unspecified atom stereocenters. The minimum absolute atomic E-state index is 0.106. The molecule has 0 spiro atoms. The highest BCUT2D eigenvalue weighted by atomic mass is 32.1. The van der Waals surface area contributed by atoms with Gasteiger partial charge in [0.15, 0.2) is 10.8 Å². The molecule has 3 rings (SSSR count). The molecule has 0 aliphatic carbocycles. The standard InChI is InChI=1S/C21H19FN4O2S/c1-12-10-13(7-9-17(12)23-4)25-19(28)21(2,3)26(20(25)29)14-6-8-15(16(22)11-14)18(27)24-5/h6-11H,1-3,5H3,(H,24,27)/i5D3. The van der Waals surface area contributed by atoms with Gasteiger partial charge < -0.3 is 10.2 Å². The van der Waals surface area contributed by atoms with Gasteiger partial charge in [-0.25, -0.2) is 9.24 Å². The van der Waals surface area contributed by atoms with Crippen molar-refractivity contribution in [2.45, 2.75) is 26.3 Å². The fourth-order valence-electron chi connectivity index (χ4n) is 3.25. The predicted octanol–water partition coefficient (Wildman–Crippen LogP) is 3.96. The van der Waals surface area contributed by atoms with Gasteiger partial charge in [0, 0.05) is 22.5 Å². The Kier molecular flexibility index (Phi) is 4.16. The average molecular weight is 413 g/mol. The van der Waals surface area contributed by atoms with E-state index in [1.165, 1.54) is 15.9 Å². The molecule has 1 heterocycles. The van der Waals surface area contributed by atoms with E-state index in [0.717, 1.165) is 12.1 Å². The maximum atomic E-state index is 14.7. The molecule has 1 aliphatic heterocycles. The van der Waals surface area contributed by atoms with E-state index in [4.69, 9.17) is 22.9 Å². The van der Waals surface area contributed by atoms with Gasteiger partial charge in [-0.15, -0.1) is 0 Å². The summed E-state index contributed by atoms with van der Waals surface area (Å²) in [6.07, 6.45) is 0. The first-order chi connectivity index (χ1) is 14.8. The van der Waals surface area contributed by atoms with Crippen LogP contribution in [0.5, 0.6) is 0 Å². The number of aryl methyl sites for hydroxylation is 1. The molecule has 148 valence electrons. The first-order valence-electron chi connectivity index (χ1n) is 10.1. The second-order valence-electron chi connectivity index (χ2n) is 7.02. The first-order valence-corrected chi connectivity index (χ1v) is 8.97. The summed E-state index contributed by atoms with van der Waals surface area (Å²) in [6.45, 7) is 9.45. The second kappa shape index (κ2) is 7.26. The Morgan fingerprint density at radius 2 is 1.97 bits per heavy atom. The smallest absolute Gasteiger partial charge is 0.259 e. The van der Waals surface area contributed by atoms with E-state index in [1.54, 1.807) is 44.3 Å². The summed E-state index contributed by atoms with van der Waals surface area (Å²) in [5.41, 5.74) is 0.234. The number of benzene rings is 2. The van der Waals surface area contributed by atoms with Crippen LogP contribution in [0.25, 0.3) is 4.85 Å². The summed E-state index contributed by atoms with van der Waals surface area (Å²) in [4.78, 5) is 31.5. The third kappa shape index (κ3) is 3.23. The Labute approximate surface area is 178 Å². The van der Waals surface area contributed by atoms with E-state index >= 15 is 0 Å². The number of halogens is 1. The van der Waals surface area contributed by atoms with Gasteiger partial charge in [-0.05, 0) is 68.9 Å². The van der Waals surface area contributed by atoms with Crippen LogP contribution in [0.3, 0.4) is 0 Å². The maximum Gasteiger partial charge on any atom is 0.259 e. The maximum absolute atomic E-state index is 14.7. The number of rotatable bonds is 3. The zero-order valence-electron chi connectivity index (χ0n) is 18.9. The Hall–Kier alpha value is -3.31. The summed E-state index contributed by atoms with van der Waals surface area (Å²) in [7, 11) is 0. The summed E-state index contributed by atoms with van der Waals surface area (Å²) < 4.78 is 36.0. The van der Waals surface area contributed by atoms with Crippen molar-refractivity contribution in [3.63, 3.8) is 0 Å². The molecule has 1 fully saturated rings. The minimum atomic E-state index is -2.76. The van der Waals surface area contributed by atoms with Crippen LogP contribution in [0, 0.1) is 19.3 Å². The highest BCUT2D eigenvalue weighted by molar-refractivity contribution is 7.81. The summed E-state index contributed by atoms with van der Waals surface area (Å²) in [5, 5.41) is 1.84. The Bertz CT molecular complexity index is 1190. The zero-order valence-corrected chi connectivity index (χ0v) is 16.7. The van der Waals surface area contributed by atoms with Crippen molar-refractivity contribution in [2.75, 3.05) is 16.8 Å². The number of thiocarbonyl (C=S) groups is 1. The quantitative estimate of drug-likeness (QED) is 0.611. The molecule has 1 aliphatic rings. The number of hydrogen-bond acceptors (Lipinski definition) is 3. The number of amides is 2. The van der Waals surface area contributed by atoms with Gasteiger partial charge in [0.25, 0.3) is 11.8 Å². The number of carbonyl (C=O) groups is 2. The largest absolute Gasteiger partial charge is 0.355 e. The van der Waals surface area contributed by atoms with E-state index < -0.39 is 29.8 Å². The SMILES string of the molecule is [2H]C([2H])([2H])NC(=O)c1ccc(N2C(=S)N(c3ccc([N+]#[C-])c(C)c3)C(=O)C2(C)C)cc1F. The lowest BCUT2D eigenvalue weighted by atomic mass is 10.0. The Balaban J connectivity index is 2.00. The molecule has 1 saturated heterocycles. The fourth-order valence-corrected chi connectivity index (χ4v) is 3.78. The van der Waals surface area contributed by atoms with E-state index in [2.05, 4.69) is 4.85 Å². The van der Waals surface area contributed by atoms with E-state index in [1.807, 2.05) is 0 Å². The van der Waals surface area contributed by atoms with Crippen LogP contribution in [0.15, 0.2) is 36.4 Å². The van der Waals surface area contributed by atoms with Crippen LogP contribution in [-0.2, 0) is 4.79 Å². The molecule has 6 nitrogen and oxygen atoms in total. The summed E-state index contributed by atoms with van der Waals surface area (Å²) in [6, 6.07) is 8.47. The van der Waals surface area contributed by atoms with Crippen molar-refractivity contribution in [3.8, 4) is 0 Å². The molecule has 0 aromatic heterocycles. The molecular formula is C21H19FN4O2S. The van der Waals surface area contributed by atoms with Crippen LogP contribution in [0.2, 0.25) is 0 Å². The number of hydrogen-bond donors (Lipinski definition) is 1. The molecule has 2 amide bonds. The topological polar surface area (TPSA) is 57.0 Å². The fraction of sp³-hybridized carbons (Fsp3) is 0.238. The molecule has 1 N–H and O–H groups in total.